The van der Waals surface area contributed by atoms with Gasteiger partial charge in [-0.05, 0) is 50.6 Å². The average molecular weight is 319 g/mol. The van der Waals surface area contributed by atoms with E-state index in [-0.39, 0.29) is 12.1 Å². The summed E-state index contributed by atoms with van der Waals surface area (Å²) in [6, 6.07) is 8.22. The van der Waals surface area contributed by atoms with Crippen molar-refractivity contribution in [3.05, 3.63) is 29.8 Å². The molecule has 0 bridgehead atoms. The molecule has 1 aromatic rings. The highest BCUT2D eigenvalue weighted by Gasteiger charge is 2.22. The van der Waals surface area contributed by atoms with Crippen LogP contribution in [0.4, 0.5) is 4.79 Å². The number of likely N-dealkylation sites (tertiary alicyclic amines) is 1. The van der Waals surface area contributed by atoms with Crippen LogP contribution in [0, 0.1) is 5.92 Å². The quantitative estimate of drug-likeness (QED) is 0.907. The predicted octanol–water partition coefficient (Wildman–Crippen LogP) is 2.74. The molecule has 23 heavy (non-hydrogen) atoms. The maximum atomic E-state index is 12.3. The summed E-state index contributed by atoms with van der Waals surface area (Å²) in [4.78, 5) is 16.4. The lowest BCUT2D eigenvalue weighted by Gasteiger charge is -2.32. The lowest BCUT2D eigenvalue weighted by atomic mass is 10.00. The van der Waals surface area contributed by atoms with Crippen LogP contribution in [0.3, 0.4) is 0 Å². The second-order valence-electron chi connectivity index (χ2n) is 6.61. The highest BCUT2D eigenvalue weighted by Crippen LogP contribution is 2.21. The molecule has 0 radical (unpaired) electrons. The molecule has 1 atom stereocenters. The molecule has 0 aromatic heterocycles. The molecule has 1 heterocycles. The zero-order valence-electron chi connectivity index (χ0n) is 14.7. The molecular weight excluding hydrogens is 290 g/mol. The van der Waals surface area contributed by atoms with Crippen molar-refractivity contribution >= 4 is 6.03 Å². The number of benzene rings is 1. The van der Waals surface area contributed by atoms with Crippen molar-refractivity contribution in [3.8, 4) is 5.75 Å². The van der Waals surface area contributed by atoms with Gasteiger partial charge in [-0.15, -0.1) is 0 Å². The van der Waals surface area contributed by atoms with Crippen LogP contribution in [-0.2, 0) is 0 Å². The Morgan fingerprint density at radius 2 is 1.91 bits per heavy atom. The molecule has 1 aromatic carbocycles. The molecular formula is C18H29N3O2. The number of nitrogens with one attached hydrogen (secondary N) is 1. The number of rotatable bonds is 5. The number of hydrogen-bond donors (Lipinski definition) is 1. The van der Waals surface area contributed by atoms with Crippen LogP contribution in [0.15, 0.2) is 24.3 Å². The van der Waals surface area contributed by atoms with E-state index >= 15 is 0 Å². The monoisotopic (exact) mass is 319 g/mol. The first-order valence-electron chi connectivity index (χ1n) is 8.34. The summed E-state index contributed by atoms with van der Waals surface area (Å²) < 4.78 is 5.21. The third kappa shape index (κ3) is 4.86. The first-order chi connectivity index (χ1) is 11.0. The molecule has 1 aliphatic rings. The number of likely N-dealkylation sites (N-methyl/N-ethyl adjacent to an activating group) is 1. The van der Waals surface area contributed by atoms with Gasteiger partial charge in [0.1, 0.15) is 5.75 Å². The molecule has 1 unspecified atom stereocenters. The van der Waals surface area contributed by atoms with Gasteiger partial charge in [-0.2, -0.15) is 0 Å². The molecule has 0 spiro atoms. The van der Waals surface area contributed by atoms with E-state index in [1.54, 1.807) is 7.11 Å². The van der Waals surface area contributed by atoms with E-state index in [4.69, 9.17) is 4.74 Å². The molecule has 1 fully saturated rings. The maximum Gasteiger partial charge on any atom is 0.317 e. The minimum absolute atomic E-state index is 0.0530. The molecule has 5 nitrogen and oxygen atoms in total. The Morgan fingerprint density at radius 1 is 1.30 bits per heavy atom. The number of urea groups is 1. The largest absolute Gasteiger partial charge is 0.497 e. The van der Waals surface area contributed by atoms with Gasteiger partial charge < -0.3 is 19.9 Å². The van der Waals surface area contributed by atoms with Crippen LogP contribution in [0.25, 0.3) is 0 Å². The summed E-state index contributed by atoms with van der Waals surface area (Å²) in [5.41, 5.74) is 1.17. The molecule has 2 amide bonds. The standard InChI is InChI=1S/C18H29N3O2/c1-14-9-11-21(12-10-14)18(22)19-13-17(20(2)3)15-5-7-16(23-4)8-6-15/h5-8,14,17H,9-13H2,1-4H3,(H,19,22). The zero-order valence-corrected chi connectivity index (χ0v) is 14.7. The normalized spacial score (nSPS) is 17.2. The average Bonchev–Trinajstić information content (AvgIpc) is 2.55. The fourth-order valence-electron chi connectivity index (χ4n) is 2.93. The molecule has 0 aliphatic carbocycles. The van der Waals surface area contributed by atoms with Crippen LogP contribution < -0.4 is 10.1 Å². The highest BCUT2D eigenvalue weighted by atomic mass is 16.5. The van der Waals surface area contributed by atoms with Crippen molar-refractivity contribution < 1.29 is 9.53 Å². The second kappa shape index (κ2) is 8.20. The highest BCUT2D eigenvalue weighted by molar-refractivity contribution is 5.74. The molecule has 0 saturated carbocycles. The van der Waals surface area contributed by atoms with Crippen molar-refractivity contribution in [2.75, 3.05) is 40.8 Å². The van der Waals surface area contributed by atoms with Crippen molar-refractivity contribution in [1.82, 2.24) is 15.1 Å². The molecule has 128 valence electrons. The summed E-state index contributed by atoms with van der Waals surface area (Å²) in [5.74, 6) is 1.57. The number of nitrogens with zero attached hydrogens (tertiary/aromatic N) is 2. The van der Waals surface area contributed by atoms with Gasteiger partial charge in [0.2, 0.25) is 0 Å². The molecule has 1 N–H and O–H groups in total. The van der Waals surface area contributed by atoms with Crippen LogP contribution in [0.2, 0.25) is 0 Å². The number of methoxy groups -OCH3 is 1. The van der Waals surface area contributed by atoms with Crippen molar-refractivity contribution in [2.24, 2.45) is 5.92 Å². The first kappa shape index (κ1) is 17.6. The van der Waals surface area contributed by atoms with Crippen molar-refractivity contribution in [1.29, 1.82) is 0 Å². The number of ether oxygens (including phenoxy) is 1. The van der Waals surface area contributed by atoms with Crippen LogP contribution in [0.5, 0.6) is 5.75 Å². The van der Waals surface area contributed by atoms with E-state index in [1.165, 1.54) is 5.56 Å². The van der Waals surface area contributed by atoms with Gasteiger partial charge >= 0.3 is 6.03 Å². The van der Waals surface area contributed by atoms with E-state index in [0.717, 1.165) is 37.6 Å². The third-order valence-electron chi connectivity index (χ3n) is 4.64. The fourth-order valence-corrected chi connectivity index (χ4v) is 2.93. The Morgan fingerprint density at radius 3 is 2.43 bits per heavy atom. The van der Waals surface area contributed by atoms with E-state index in [1.807, 2.05) is 31.1 Å². The summed E-state index contributed by atoms with van der Waals surface area (Å²) in [7, 11) is 5.73. The van der Waals surface area contributed by atoms with Crippen molar-refractivity contribution in [3.63, 3.8) is 0 Å². The van der Waals surface area contributed by atoms with Gasteiger partial charge in [0.15, 0.2) is 0 Å². The van der Waals surface area contributed by atoms with E-state index in [0.29, 0.717) is 6.54 Å². The Hall–Kier alpha value is -1.75. The topological polar surface area (TPSA) is 44.8 Å². The zero-order chi connectivity index (χ0) is 16.8. The van der Waals surface area contributed by atoms with Gasteiger partial charge in [0.05, 0.1) is 13.2 Å². The van der Waals surface area contributed by atoms with E-state index < -0.39 is 0 Å². The SMILES string of the molecule is COc1ccc(C(CNC(=O)N2CCC(C)CC2)N(C)C)cc1. The lowest BCUT2D eigenvalue weighted by molar-refractivity contribution is 0.170. The minimum Gasteiger partial charge on any atom is -0.497 e. The third-order valence-corrected chi connectivity index (χ3v) is 4.64. The fraction of sp³-hybridized carbons (Fsp3) is 0.611. The summed E-state index contributed by atoms with van der Waals surface area (Å²) in [5, 5.41) is 3.09. The number of amides is 2. The van der Waals surface area contributed by atoms with E-state index in [9.17, 15) is 4.79 Å². The minimum atomic E-state index is 0.0530. The van der Waals surface area contributed by atoms with Gasteiger partial charge in [0, 0.05) is 19.6 Å². The first-order valence-corrected chi connectivity index (χ1v) is 8.34. The van der Waals surface area contributed by atoms with Crippen LogP contribution >= 0.6 is 0 Å². The van der Waals surface area contributed by atoms with Gasteiger partial charge in [0.25, 0.3) is 0 Å². The number of carbonyl (C=O) groups is 1. The maximum absolute atomic E-state index is 12.3. The summed E-state index contributed by atoms with van der Waals surface area (Å²) in [6.45, 7) is 4.58. The number of piperidine rings is 1. The smallest absolute Gasteiger partial charge is 0.317 e. The van der Waals surface area contributed by atoms with Crippen molar-refractivity contribution in [2.45, 2.75) is 25.8 Å². The molecule has 2 rings (SSSR count). The van der Waals surface area contributed by atoms with Gasteiger partial charge in [-0.3, -0.25) is 0 Å². The molecule has 5 heteroatoms. The Kier molecular flexibility index (Phi) is 6.28. The Labute approximate surface area is 139 Å². The Balaban J connectivity index is 1.92. The Bertz CT molecular complexity index is 493. The van der Waals surface area contributed by atoms with Crippen LogP contribution in [-0.4, -0.2) is 56.7 Å². The predicted molar refractivity (Wildman–Crippen MR) is 92.8 cm³/mol. The lowest BCUT2D eigenvalue weighted by Crippen LogP contribution is -2.46. The van der Waals surface area contributed by atoms with Gasteiger partial charge in [-0.25, -0.2) is 4.79 Å². The van der Waals surface area contributed by atoms with Gasteiger partial charge in [-0.1, -0.05) is 19.1 Å². The number of carbonyl (C=O) groups excluding carboxylic acids is 1. The molecule has 1 saturated heterocycles. The van der Waals surface area contributed by atoms with E-state index in [2.05, 4.69) is 29.3 Å². The summed E-state index contributed by atoms with van der Waals surface area (Å²) >= 11 is 0. The second-order valence-corrected chi connectivity index (χ2v) is 6.61. The summed E-state index contributed by atoms with van der Waals surface area (Å²) in [6.07, 6.45) is 2.20. The number of hydrogen-bond acceptors (Lipinski definition) is 3. The molecule has 1 aliphatic heterocycles. The van der Waals surface area contributed by atoms with Crippen LogP contribution in [0.1, 0.15) is 31.4 Å².